The Kier molecular flexibility index (Phi) is 8.07. The molecule has 5 nitrogen and oxygen atoms in total. The van der Waals surface area contributed by atoms with Gasteiger partial charge in [0, 0.05) is 12.5 Å². The van der Waals surface area contributed by atoms with Crippen LogP contribution in [-0.4, -0.2) is 28.9 Å². The summed E-state index contributed by atoms with van der Waals surface area (Å²) in [4.78, 5) is 25.8. The summed E-state index contributed by atoms with van der Waals surface area (Å²) >= 11 is 0. The minimum atomic E-state index is -1.62. The van der Waals surface area contributed by atoms with Crippen LogP contribution in [0.2, 0.25) is 0 Å². The first-order valence-corrected chi connectivity index (χ1v) is 9.83. The van der Waals surface area contributed by atoms with Gasteiger partial charge in [0.1, 0.15) is 5.60 Å². The van der Waals surface area contributed by atoms with Crippen LogP contribution in [0.1, 0.15) is 86.0 Å². The van der Waals surface area contributed by atoms with Crippen molar-refractivity contribution < 1.29 is 14.3 Å². The number of carbonyl (C=O) groups is 2. The molecule has 1 fully saturated rings. The summed E-state index contributed by atoms with van der Waals surface area (Å²) in [5.74, 6) is -0.831. The lowest BCUT2D eigenvalue weighted by atomic mass is 9.75. The molecular weight excluding hydrogens is 316 g/mol. The molecule has 0 aromatic carbocycles. The van der Waals surface area contributed by atoms with Crippen molar-refractivity contribution in [2.45, 2.75) is 103 Å². The van der Waals surface area contributed by atoms with Gasteiger partial charge in [0.15, 0.2) is 11.3 Å². The molecule has 0 radical (unpaired) electrons. The Bertz CT molecular complexity index is 452. The van der Waals surface area contributed by atoms with Crippen molar-refractivity contribution >= 4 is 11.8 Å². The van der Waals surface area contributed by atoms with E-state index in [4.69, 9.17) is 16.2 Å². The normalized spacial score (nSPS) is 21.2. The second-order valence-corrected chi connectivity index (χ2v) is 8.75. The zero-order valence-corrected chi connectivity index (χ0v) is 16.8. The fourth-order valence-electron chi connectivity index (χ4n) is 3.73. The van der Waals surface area contributed by atoms with Gasteiger partial charge in [-0.05, 0) is 51.9 Å². The highest BCUT2D eigenvalue weighted by Crippen LogP contribution is 2.30. The number of ether oxygens (including phenoxy) is 1. The molecule has 1 aliphatic rings. The van der Waals surface area contributed by atoms with Gasteiger partial charge < -0.3 is 16.2 Å². The summed E-state index contributed by atoms with van der Waals surface area (Å²) < 4.78 is 5.49. The Balaban J connectivity index is 2.93. The van der Waals surface area contributed by atoms with E-state index >= 15 is 0 Å². The van der Waals surface area contributed by atoms with Gasteiger partial charge >= 0.3 is 5.97 Å². The first-order chi connectivity index (χ1) is 11.5. The quantitative estimate of drug-likeness (QED) is 0.515. The van der Waals surface area contributed by atoms with E-state index in [9.17, 15) is 9.59 Å². The highest BCUT2D eigenvalue weighted by molar-refractivity contribution is 6.08. The lowest BCUT2D eigenvalue weighted by Crippen LogP contribution is -2.62. The Hall–Kier alpha value is -0.940. The van der Waals surface area contributed by atoms with E-state index in [1.54, 1.807) is 20.8 Å². The van der Waals surface area contributed by atoms with Crippen molar-refractivity contribution in [2.24, 2.45) is 23.3 Å². The van der Waals surface area contributed by atoms with Crippen molar-refractivity contribution in [1.82, 2.24) is 0 Å². The molecule has 4 N–H and O–H groups in total. The molecule has 3 atom stereocenters. The second kappa shape index (κ2) is 9.13. The van der Waals surface area contributed by atoms with Crippen molar-refractivity contribution in [3.8, 4) is 0 Å². The monoisotopic (exact) mass is 354 g/mol. The molecule has 0 saturated heterocycles. The second-order valence-electron chi connectivity index (χ2n) is 8.75. The van der Waals surface area contributed by atoms with Gasteiger partial charge in [-0.25, -0.2) is 4.79 Å². The summed E-state index contributed by atoms with van der Waals surface area (Å²) in [6.07, 6.45) is 7.38. The van der Waals surface area contributed by atoms with Gasteiger partial charge in [-0.15, -0.1) is 0 Å². The van der Waals surface area contributed by atoms with Crippen LogP contribution in [0.4, 0.5) is 0 Å². The number of esters is 1. The van der Waals surface area contributed by atoms with Crippen LogP contribution in [-0.2, 0) is 14.3 Å². The van der Waals surface area contributed by atoms with Crippen LogP contribution in [0.15, 0.2) is 0 Å². The summed E-state index contributed by atoms with van der Waals surface area (Å²) in [7, 11) is 0. The number of hydrogen-bond donors (Lipinski definition) is 2. The Morgan fingerprint density at radius 2 is 1.72 bits per heavy atom. The van der Waals surface area contributed by atoms with E-state index in [-0.39, 0.29) is 24.2 Å². The predicted molar refractivity (Wildman–Crippen MR) is 101 cm³/mol. The summed E-state index contributed by atoms with van der Waals surface area (Å²) in [5, 5.41) is 0. The SMILES string of the molecule is CCCC(C)C(N)(C(=O)CC(N)C1CCCCC1)C(=O)OC(C)(C)C. The summed E-state index contributed by atoms with van der Waals surface area (Å²) in [6.45, 7) is 9.23. The fraction of sp³-hybridized carbons (Fsp3) is 0.900. The maximum Gasteiger partial charge on any atom is 0.334 e. The number of nitrogens with two attached hydrogens (primary N) is 2. The summed E-state index contributed by atoms with van der Waals surface area (Å²) in [6, 6.07) is -0.230. The van der Waals surface area contributed by atoms with Gasteiger partial charge in [0.05, 0.1) is 0 Å². The molecule has 146 valence electrons. The first-order valence-electron chi connectivity index (χ1n) is 9.83. The van der Waals surface area contributed by atoms with E-state index in [0.29, 0.717) is 12.3 Å². The lowest BCUT2D eigenvalue weighted by Gasteiger charge is -2.36. The predicted octanol–water partition coefficient (Wildman–Crippen LogP) is 3.33. The number of rotatable bonds is 8. The van der Waals surface area contributed by atoms with Crippen LogP contribution < -0.4 is 11.5 Å². The number of carbonyl (C=O) groups excluding carboxylic acids is 2. The maximum atomic E-state index is 13.1. The molecule has 1 rings (SSSR count). The van der Waals surface area contributed by atoms with Crippen LogP contribution in [0.25, 0.3) is 0 Å². The van der Waals surface area contributed by atoms with E-state index in [1.165, 1.54) is 19.3 Å². The van der Waals surface area contributed by atoms with Gasteiger partial charge in [-0.3, -0.25) is 4.79 Å². The third-order valence-corrected chi connectivity index (χ3v) is 5.37. The average molecular weight is 355 g/mol. The maximum absolute atomic E-state index is 13.1. The minimum absolute atomic E-state index is 0.147. The van der Waals surface area contributed by atoms with E-state index in [0.717, 1.165) is 19.3 Å². The molecule has 3 unspecified atom stereocenters. The largest absolute Gasteiger partial charge is 0.458 e. The molecule has 0 bridgehead atoms. The Labute approximate surface area is 153 Å². The molecule has 0 spiro atoms. The molecule has 0 aliphatic heterocycles. The van der Waals surface area contributed by atoms with Crippen molar-refractivity contribution in [3.63, 3.8) is 0 Å². The molecule has 0 heterocycles. The molecular formula is C20H38N2O3. The highest BCUT2D eigenvalue weighted by Gasteiger charge is 2.49. The average Bonchev–Trinajstić information content (AvgIpc) is 2.53. The lowest BCUT2D eigenvalue weighted by molar-refractivity contribution is -0.166. The molecule has 1 saturated carbocycles. The molecule has 5 heteroatoms. The highest BCUT2D eigenvalue weighted by atomic mass is 16.6. The third-order valence-electron chi connectivity index (χ3n) is 5.37. The van der Waals surface area contributed by atoms with Gasteiger partial charge in [-0.2, -0.15) is 0 Å². The van der Waals surface area contributed by atoms with Crippen LogP contribution in [0.3, 0.4) is 0 Å². The van der Waals surface area contributed by atoms with Crippen molar-refractivity contribution in [2.75, 3.05) is 0 Å². The molecule has 0 aromatic heterocycles. The first kappa shape index (κ1) is 22.1. The smallest absolute Gasteiger partial charge is 0.334 e. The zero-order valence-electron chi connectivity index (χ0n) is 16.8. The van der Waals surface area contributed by atoms with E-state index < -0.39 is 17.1 Å². The molecule has 0 aromatic rings. The number of hydrogen-bond acceptors (Lipinski definition) is 5. The Morgan fingerprint density at radius 1 is 1.16 bits per heavy atom. The van der Waals surface area contributed by atoms with E-state index in [2.05, 4.69) is 0 Å². The van der Waals surface area contributed by atoms with E-state index in [1.807, 2.05) is 13.8 Å². The number of Topliss-reactive ketones (excluding diaryl/α,β-unsaturated/α-hetero) is 1. The van der Waals surface area contributed by atoms with Gasteiger partial charge in [0.2, 0.25) is 0 Å². The molecule has 1 aliphatic carbocycles. The number of ketones is 1. The topological polar surface area (TPSA) is 95.4 Å². The minimum Gasteiger partial charge on any atom is -0.458 e. The van der Waals surface area contributed by atoms with Crippen LogP contribution >= 0.6 is 0 Å². The molecule has 25 heavy (non-hydrogen) atoms. The zero-order chi connectivity index (χ0) is 19.3. The van der Waals surface area contributed by atoms with Crippen LogP contribution in [0.5, 0.6) is 0 Å². The standard InChI is InChI=1S/C20H38N2O3/c1-6-10-14(2)20(22,18(24)25-19(3,4)5)17(23)13-16(21)15-11-8-7-9-12-15/h14-16H,6-13,21-22H2,1-5H3. The third kappa shape index (κ3) is 6.07. The van der Waals surface area contributed by atoms with Crippen molar-refractivity contribution in [1.29, 1.82) is 0 Å². The Morgan fingerprint density at radius 3 is 2.20 bits per heavy atom. The van der Waals surface area contributed by atoms with Gasteiger partial charge in [-0.1, -0.05) is 39.5 Å². The summed E-state index contributed by atoms with van der Waals surface area (Å²) in [5.41, 5.74) is 10.4. The van der Waals surface area contributed by atoms with Gasteiger partial charge in [0.25, 0.3) is 0 Å². The van der Waals surface area contributed by atoms with Crippen molar-refractivity contribution in [3.05, 3.63) is 0 Å². The van der Waals surface area contributed by atoms with Crippen LogP contribution in [0, 0.1) is 11.8 Å². The fourth-order valence-corrected chi connectivity index (χ4v) is 3.73. The molecule has 0 amide bonds.